The number of carbonyl (C=O) groups is 2. The van der Waals surface area contributed by atoms with Gasteiger partial charge in [-0.25, -0.2) is 8.42 Å². The first-order valence-electron chi connectivity index (χ1n) is 11.6. The minimum atomic E-state index is -3.68. The Bertz CT molecular complexity index is 1190. The number of thioether (sulfide) groups is 1. The van der Waals surface area contributed by atoms with Crippen LogP contribution in [0.2, 0.25) is 0 Å². The molecule has 2 heterocycles. The van der Waals surface area contributed by atoms with Gasteiger partial charge in [-0.1, -0.05) is 32.0 Å². The molecule has 0 spiro atoms. The summed E-state index contributed by atoms with van der Waals surface area (Å²) in [4.78, 5) is 28.4. The molecule has 0 aromatic heterocycles. The van der Waals surface area contributed by atoms with Crippen molar-refractivity contribution in [1.82, 2.24) is 4.31 Å². The first-order valence-corrected chi connectivity index (χ1v) is 13.9. The van der Waals surface area contributed by atoms with Crippen LogP contribution in [-0.2, 0) is 19.6 Å². The smallest absolute Gasteiger partial charge is 0.244 e. The molecule has 0 unspecified atom stereocenters. The molecule has 9 heteroatoms. The Morgan fingerprint density at radius 3 is 2.53 bits per heavy atom. The molecule has 7 nitrogen and oxygen atoms in total. The number of hydrogen-bond acceptors (Lipinski definition) is 5. The zero-order valence-electron chi connectivity index (χ0n) is 19.8. The van der Waals surface area contributed by atoms with Crippen LogP contribution >= 0.6 is 11.8 Å². The lowest BCUT2D eigenvalue weighted by atomic mass is 10.0. The second-order valence-electron chi connectivity index (χ2n) is 9.19. The quantitative estimate of drug-likeness (QED) is 0.661. The number of nitrogens with one attached hydrogen (secondary N) is 1. The van der Waals surface area contributed by atoms with Crippen molar-refractivity contribution in [3.8, 4) is 0 Å². The van der Waals surface area contributed by atoms with Crippen LogP contribution in [0, 0.1) is 12.8 Å². The summed E-state index contributed by atoms with van der Waals surface area (Å²) in [5.74, 6) is -0.0114. The molecule has 1 fully saturated rings. The van der Waals surface area contributed by atoms with Crippen molar-refractivity contribution in [3.63, 3.8) is 0 Å². The number of carbonyl (C=O) groups excluding carboxylic acids is 2. The molecule has 0 radical (unpaired) electrons. The third-order valence-corrected chi connectivity index (χ3v) is 9.48. The number of nitrogens with zero attached hydrogens (tertiary/aromatic N) is 2. The zero-order valence-corrected chi connectivity index (χ0v) is 21.4. The van der Waals surface area contributed by atoms with E-state index in [9.17, 15) is 18.0 Å². The molecular weight excluding hydrogens is 470 g/mol. The van der Waals surface area contributed by atoms with Crippen LogP contribution in [0.5, 0.6) is 0 Å². The molecule has 1 N–H and O–H groups in total. The molecule has 182 valence electrons. The summed E-state index contributed by atoms with van der Waals surface area (Å²) in [5.41, 5.74) is 2.09. The van der Waals surface area contributed by atoms with Gasteiger partial charge in [0.05, 0.1) is 10.6 Å². The number of aryl methyl sites for hydroxylation is 1. The number of hydrogen-bond donors (Lipinski definition) is 1. The highest BCUT2D eigenvalue weighted by atomic mass is 32.2. The highest BCUT2D eigenvalue weighted by Gasteiger charge is 2.32. The standard InChI is InChI=1S/C25H31N3O4S2/c1-17-10-12-27(13-11-17)34(31,32)20-8-9-23-22(15-20)28(25(30)14-19(3)33-23)16-24(29)26-21-7-5-4-6-18(21)2/h4-9,15,17,19H,10-14,16H2,1-3H3,(H,26,29)/t19-/m1/s1. The van der Waals surface area contributed by atoms with Gasteiger partial charge in [-0.15, -0.1) is 11.8 Å². The second-order valence-corrected chi connectivity index (χ2v) is 12.6. The number of sulfonamides is 1. The Hall–Kier alpha value is -2.36. The number of benzene rings is 2. The number of fused-ring (bicyclic) bond motifs is 1. The maximum absolute atomic E-state index is 13.4. The highest BCUT2D eigenvalue weighted by Crippen LogP contribution is 2.40. The Morgan fingerprint density at radius 2 is 1.82 bits per heavy atom. The van der Waals surface area contributed by atoms with E-state index < -0.39 is 10.0 Å². The first-order chi connectivity index (χ1) is 16.1. The van der Waals surface area contributed by atoms with E-state index in [4.69, 9.17) is 0 Å². The Morgan fingerprint density at radius 1 is 1.12 bits per heavy atom. The fourth-order valence-corrected chi connectivity index (χ4v) is 6.90. The normalized spacial score (nSPS) is 20.0. The van der Waals surface area contributed by atoms with Crippen LogP contribution < -0.4 is 10.2 Å². The zero-order chi connectivity index (χ0) is 24.5. The fraction of sp³-hybridized carbons (Fsp3) is 0.440. The van der Waals surface area contributed by atoms with E-state index in [1.807, 2.05) is 38.1 Å². The summed E-state index contributed by atoms with van der Waals surface area (Å²) in [6.45, 7) is 6.80. The van der Waals surface area contributed by atoms with E-state index in [1.165, 1.54) is 21.0 Å². The molecule has 4 rings (SSSR count). The van der Waals surface area contributed by atoms with Crippen LogP contribution in [0.1, 0.15) is 38.7 Å². The number of amides is 2. The Labute approximate surface area is 205 Å². The van der Waals surface area contributed by atoms with E-state index >= 15 is 0 Å². The monoisotopic (exact) mass is 501 g/mol. The number of rotatable bonds is 5. The number of para-hydroxylation sites is 1. The third-order valence-electron chi connectivity index (χ3n) is 6.41. The van der Waals surface area contributed by atoms with E-state index in [0.717, 1.165) is 23.3 Å². The lowest BCUT2D eigenvalue weighted by molar-refractivity contribution is -0.121. The van der Waals surface area contributed by atoms with Crippen molar-refractivity contribution in [2.45, 2.75) is 55.1 Å². The summed E-state index contributed by atoms with van der Waals surface area (Å²) >= 11 is 1.53. The van der Waals surface area contributed by atoms with Gasteiger partial charge in [-0.3, -0.25) is 9.59 Å². The largest absolute Gasteiger partial charge is 0.324 e. The van der Waals surface area contributed by atoms with E-state index in [0.29, 0.717) is 30.4 Å². The predicted octanol–water partition coefficient (Wildman–Crippen LogP) is 4.27. The fourth-order valence-electron chi connectivity index (χ4n) is 4.31. The van der Waals surface area contributed by atoms with Gasteiger partial charge >= 0.3 is 0 Å². The molecule has 0 bridgehead atoms. The van der Waals surface area contributed by atoms with Crippen molar-refractivity contribution in [2.24, 2.45) is 5.92 Å². The van der Waals surface area contributed by atoms with Crippen LogP contribution in [0.15, 0.2) is 52.3 Å². The van der Waals surface area contributed by atoms with Gasteiger partial charge in [0.1, 0.15) is 6.54 Å². The van der Waals surface area contributed by atoms with E-state index in [1.54, 1.807) is 18.2 Å². The Kier molecular flexibility index (Phi) is 7.35. The van der Waals surface area contributed by atoms with Crippen molar-refractivity contribution in [3.05, 3.63) is 48.0 Å². The molecule has 34 heavy (non-hydrogen) atoms. The summed E-state index contributed by atoms with van der Waals surface area (Å²) in [6.07, 6.45) is 1.94. The third kappa shape index (κ3) is 5.31. The van der Waals surface area contributed by atoms with Crippen LogP contribution in [0.3, 0.4) is 0 Å². The van der Waals surface area contributed by atoms with Crippen LogP contribution in [0.25, 0.3) is 0 Å². The Balaban J connectivity index is 1.64. The summed E-state index contributed by atoms with van der Waals surface area (Å²) in [6, 6.07) is 12.4. The molecule has 1 saturated heterocycles. The summed E-state index contributed by atoms with van der Waals surface area (Å²) in [5, 5.41) is 2.89. The van der Waals surface area contributed by atoms with Crippen molar-refractivity contribution >= 4 is 45.0 Å². The molecule has 1 atom stereocenters. The molecule has 2 aromatic rings. The molecule has 2 aliphatic heterocycles. The van der Waals surface area contributed by atoms with E-state index in [2.05, 4.69) is 12.2 Å². The van der Waals surface area contributed by atoms with Gasteiger partial charge in [0, 0.05) is 35.3 Å². The van der Waals surface area contributed by atoms with Gasteiger partial charge in [-0.2, -0.15) is 4.31 Å². The van der Waals surface area contributed by atoms with Gasteiger partial charge in [0.15, 0.2) is 0 Å². The number of anilines is 2. The molecule has 2 aliphatic rings. The highest BCUT2D eigenvalue weighted by molar-refractivity contribution is 8.00. The van der Waals surface area contributed by atoms with Gasteiger partial charge in [-0.05, 0) is 55.5 Å². The summed E-state index contributed by atoms with van der Waals surface area (Å²) < 4.78 is 28.2. The average Bonchev–Trinajstić information content (AvgIpc) is 2.90. The molecule has 2 aromatic carbocycles. The molecule has 2 amide bonds. The SMILES string of the molecule is Cc1ccccc1NC(=O)CN1C(=O)C[C@@H](C)Sc2ccc(S(=O)(=O)N3CCC(C)CC3)cc21. The van der Waals surface area contributed by atoms with Crippen molar-refractivity contribution in [1.29, 1.82) is 0 Å². The molecule has 0 saturated carbocycles. The first kappa shape index (κ1) is 24.8. The van der Waals surface area contributed by atoms with Crippen LogP contribution in [0.4, 0.5) is 11.4 Å². The van der Waals surface area contributed by atoms with Crippen molar-refractivity contribution in [2.75, 3.05) is 29.9 Å². The molecule has 0 aliphatic carbocycles. The van der Waals surface area contributed by atoms with E-state index in [-0.39, 0.29) is 34.9 Å². The maximum atomic E-state index is 13.4. The lowest BCUT2D eigenvalue weighted by Crippen LogP contribution is -2.39. The maximum Gasteiger partial charge on any atom is 0.244 e. The summed E-state index contributed by atoms with van der Waals surface area (Å²) in [7, 11) is -3.68. The topological polar surface area (TPSA) is 86.8 Å². The van der Waals surface area contributed by atoms with Gasteiger partial charge in [0.2, 0.25) is 21.8 Å². The van der Waals surface area contributed by atoms with Gasteiger partial charge < -0.3 is 10.2 Å². The number of piperidine rings is 1. The molecular formula is C25H31N3O4S2. The van der Waals surface area contributed by atoms with Gasteiger partial charge in [0.25, 0.3) is 0 Å². The predicted molar refractivity (Wildman–Crippen MR) is 136 cm³/mol. The minimum Gasteiger partial charge on any atom is -0.324 e. The minimum absolute atomic E-state index is 0.0155. The average molecular weight is 502 g/mol. The van der Waals surface area contributed by atoms with Crippen molar-refractivity contribution < 1.29 is 18.0 Å². The second kappa shape index (κ2) is 10.1. The van der Waals surface area contributed by atoms with Crippen LogP contribution in [-0.4, -0.2) is 49.4 Å². The lowest BCUT2D eigenvalue weighted by Gasteiger charge is -2.30.